The van der Waals surface area contributed by atoms with Gasteiger partial charge in [-0.05, 0) is 19.1 Å². The fraction of sp³-hybridized carbons (Fsp3) is 0.267. The third-order valence-corrected chi connectivity index (χ3v) is 3.42. The van der Waals surface area contributed by atoms with E-state index in [2.05, 4.69) is 24.2 Å². The van der Waals surface area contributed by atoms with Gasteiger partial charge in [0, 0.05) is 30.0 Å². The second kappa shape index (κ2) is 4.90. The molecule has 0 amide bonds. The van der Waals surface area contributed by atoms with Gasteiger partial charge < -0.3 is 10.2 Å². The molecule has 3 rings (SSSR count). The van der Waals surface area contributed by atoms with E-state index in [0.29, 0.717) is 6.42 Å². The van der Waals surface area contributed by atoms with E-state index in [4.69, 9.17) is 10.2 Å². The van der Waals surface area contributed by atoms with E-state index in [1.165, 1.54) is 10.9 Å². The molecule has 1 unspecified atom stereocenters. The van der Waals surface area contributed by atoms with Crippen LogP contribution < -0.4 is 5.73 Å². The molecule has 0 aliphatic carbocycles. The largest absolute Gasteiger partial charge is 0.472 e. The van der Waals surface area contributed by atoms with Crippen molar-refractivity contribution >= 4 is 10.9 Å². The van der Waals surface area contributed by atoms with Gasteiger partial charge in [0.25, 0.3) is 0 Å². The van der Waals surface area contributed by atoms with Crippen molar-refractivity contribution in [3.8, 4) is 0 Å². The van der Waals surface area contributed by atoms with Crippen molar-refractivity contribution in [1.82, 2.24) is 9.78 Å². The second-order valence-corrected chi connectivity index (χ2v) is 4.65. The number of para-hydroxylation sites is 1. The van der Waals surface area contributed by atoms with Gasteiger partial charge in [0.1, 0.15) is 0 Å². The van der Waals surface area contributed by atoms with E-state index < -0.39 is 0 Å². The molecule has 4 nitrogen and oxygen atoms in total. The van der Waals surface area contributed by atoms with E-state index in [-0.39, 0.29) is 6.04 Å². The van der Waals surface area contributed by atoms with Gasteiger partial charge in [-0.1, -0.05) is 18.2 Å². The van der Waals surface area contributed by atoms with Gasteiger partial charge in [-0.2, -0.15) is 5.10 Å². The zero-order valence-corrected chi connectivity index (χ0v) is 10.9. The summed E-state index contributed by atoms with van der Waals surface area (Å²) < 4.78 is 7.10. The molecule has 0 saturated heterocycles. The molecule has 2 aromatic heterocycles. The van der Waals surface area contributed by atoms with Crippen molar-refractivity contribution in [2.75, 3.05) is 0 Å². The van der Waals surface area contributed by atoms with Crippen molar-refractivity contribution in [2.45, 2.75) is 25.9 Å². The van der Waals surface area contributed by atoms with E-state index in [9.17, 15) is 0 Å². The molecule has 19 heavy (non-hydrogen) atoms. The van der Waals surface area contributed by atoms with E-state index in [1.807, 2.05) is 22.9 Å². The van der Waals surface area contributed by atoms with Crippen LogP contribution in [0, 0.1) is 0 Å². The van der Waals surface area contributed by atoms with Crippen LogP contribution >= 0.6 is 0 Å². The van der Waals surface area contributed by atoms with E-state index in [0.717, 1.165) is 17.8 Å². The van der Waals surface area contributed by atoms with E-state index >= 15 is 0 Å². The number of benzene rings is 1. The summed E-state index contributed by atoms with van der Waals surface area (Å²) in [6, 6.07) is 10.1. The number of aromatic nitrogens is 2. The lowest BCUT2D eigenvalue weighted by molar-refractivity contribution is 0.557. The molecule has 4 heteroatoms. The number of nitrogens with zero attached hydrogens (tertiary/aromatic N) is 2. The van der Waals surface area contributed by atoms with Gasteiger partial charge in [0.2, 0.25) is 0 Å². The van der Waals surface area contributed by atoms with Gasteiger partial charge in [-0.15, -0.1) is 0 Å². The average Bonchev–Trinajstić information content (AvgIpc) is 3.07. The summed E-state index contributed by atoms with van der Waals surface area (Å²) in [6.45, 7) is 2.96. The zero-order valence-electron chi connectivity index (χ0n) is 10.9. The molecule has 0 bridgehead atoms. The molecule has 0 saturated carbocycles. The first-order chi connectivity index (χ1) is 9.29. The number of nitrogens with two attached hydrogens (primary N) is 1. The lowest BCUT2D eigenvalue weighted by Gasteiger charge is -2.07. The minimum absolute atomic E-state index is 0.0811. The van der Waals surface area contributed by atoms with Gasteiger partial charge in [-0.25, -0.2) is 0 Å². The van der Waals surface area contributed by atoms with Gasteiger partial charge in [-0.3, -0.25) is 4.68 Å². The Bertz CT molecular complexity index is 670. The summed E-state index contributed by atoms with van der Waals surface area (Å²) in [5.41, 5.74) is 9.43. The third-order valence-electron chi connectivity index (χ3n) is 3.42. The first-order valence-electron chi connectivity index (χ1n) is 6.51. The molecule has 98 valence electrons. The summed E-state index contributed by atoms with van der Waals surface area (Å²) in [4.78, 5) is 0. The van der Waals surface area contributed by atoms with Crippen LogP contribution in [0.4, 0.5) is 0 Å². The van der Waals surface area contributed by atoms with Crippen molar-refractivity contribution < 1.29 is 4.42 Å². The fourth-order valence-electron chi connectivity index (χ4n) is 2.40. The minimum atomic E-state index is -0.0811. The number of hydrogen-bond acceptors (Lipinski definition) is 3. The fourth-order valence-corrected chi connectivity index (χ4v) is 2.40. The molecular weight excluding hydrogens is 238 g/mol. The van der Waals surface area contributed by atoms with Gasteiger partial charge >= 0.3 is 0 Å². The standard InChI is InChI=1S/C15H17N3O/c1-2-18-15-6-4-3-5-12(15)14(17-18)9-13(16)11-7-8-19-10-11/h3-8,10,13H,2,9,16H2,1H3. The van der Waals surface area contributed by atoms with Gasteiger partial charge in [0.05, 0.1) is 23.7 Å². The summed E-state index contributed by atoms with van der Waals surface area (Å²) in [6.07, 6.45) is 4.06. The van der Waals surface area contributed by atoms with Crippen LogP contribution in [0.15, 0.2) is 47.3 Å². The molecule has 0 aliphatic heterocycles. The molecule has 0 radical (unpaired) electrons. The Morgan fingerprint density at radius 3 is 2.89 bits per heavy atom. The minimum Gasteiger partial charge on any atom is -0.472 e. The Morgan fingerprint density at radius 2 is 2.16 bits per heavy atom. The number of furan rings is 1. The predicted molar refractivity (Wildman–Crippen MR) is 74.7 cm³/mol. The molecule has 2 heterocycles. The molecule has 1 atom stereocenters. The number of rotatable bonds is 4. The van der Waals surface area contributed by atoms with Crippen LogP contribution in [0.25, 0.3) is 10.9 Å². The van der Waals surface area contributed by atoms with Crippen LogP contribution in [0.2, 0.25) is 0 Å². The molecular formula is C15H17N3O. The van der Waals surface area contributed by atoms with Crippen molar-refractivity contribution in [2.24, 2.45) is 5.73 Å². The maximum Gasteiger partial charge on any atom is 0.0950 e. The molecule has 0 aliphatic rings. The van der Waals surface area contributed by atoms with Crippen LogP contribution in [0.1, 0.15) is 24.2 Å². The van der Waals surface area contributed by atoms with Crippen LogP contribution in [0.3, 0.4) is 0 Å². The molecule has 1 aromatic carbocycles. The Hall–Kier alpha value is -2.07. The lowest BCUT2D eigenvalue weighted by atomic mass is 10.0. The average molecular weight is 255 g/mol. The van der Waals surface area contributed by atoms with Crippen LogP contribution in [0.5, 0.6) is 0 Å². The first-order valence-corrected chi connectivity index (χ1v) is 6.51. The molecule has 3 aromatic rings. The number of hydrogen-bond donors (Lipinski definition) is 1. The molecule has 0 spiro atoms. The topological polar surface area (TPSA) is 57.0 Å². The van der Waals surface area contributed by atoms with Crippen LogP contribution in [-0.2, 0) is 13.0 Å². The van der Waals surface area contributed by atoms with Crippen molar-refractivity contribution in [3.63, 3.8) is 0 Å². The highest BCUT2D eigenvalue weighted by atomic mass is 16.3. The van der Waals surface area contributed by atoms with E-state index in [1.54, 1.807) is 12.5 Å². The highest BCUT2D eigenvalue weighted by Crippen LogP contribution is 2.23. The summed E-state index contributed by atoms with van der Waals surface area (Å²) >= 11 is 0. The summed E-state index contributed by atoms with van der Waals surface area (Å²) in [5, 5.41) is 5.85. The maximum absolute atomic E-state index is 6.20. The Labute approximate surface area is 111 Å². The normalized spacial score (nSPS) is 12.9. The Balaban J connectivity index is 1.97. The Morgan fingerprint density at radius 1 is 1.32 bits per heavy atom. The highest BCUT2D eigenvalue weighted by Gasteiger charge is 2.14. The maximum atomic E-state index is 6.20. The summed E-state index contributed by atoms with van der Waals surface area (Å²) in [5.74, 6) is 0. The number of fused-ring (bicyclic) bond motifs is 1. The third kappa shape index (κ3) is 2.15. The first kappa shape index (κ1) is 12.0. The summed E-state index contributed by atoms with van der Waals surface area (Å²) in [7, 11) is 0. The molecule has 2 N–H and O–H groups in total. The van der Waals surface area contributed by atoms with Crippen molar-refractivity contribution in [1.29, 1.82) is 0 Å². The zero-order chi connectivity index (χ0) is 13.2. The monoisotopic (exact) mass is 255 g/mol. The van der Waals surface area contributed by atoms with Crippen LogP contribution in [-0.4, -0.2) is 9.78 Å². The lowest BCUT2D eigenvalue weighted by Crippen LogP contribution is -2.13. The quantitative estimate of drug-likeness (QED) is 0.779. The second-order valence-electron chi connectivity index (χ2n) is 4.65. The molecule has 0 fully saturated rings. The highest BCUT2D eigenvalue weighted by molar-refractivity contribution is 5.82. The Kier molecular flexibility index (Phi) is 3.09. The predicted octanol–water partition coefficient (Wildman–Crippen LogP) is 2.89. The van der Waals surface area contributed by atoms with Gasteiger partial charge in [0.15, 0.2) is 0 Å². The SMILES string of the molecule is CCn1nc(CC(N)c2ccoc2)c2ccccc21. The number of aryl methyl sites for hydroxylation is 1. The smallest absolute Gasteiger partial charge is 0.0950 e. The van der Waals surface area contributed by atoms with Crippen molar-refractivity contribution in [3.05, 3.63) is 54.1 Å².